The Morgan fingerprint density at radius 2 is 1.79 bits per heavy atom. The maximum atomic E-state index is 13.2. The highest BCUT2D eigenvalue weighted by molar-refractivity contribution is 7.99. The first-order valence-corrected chi connectivity index (χ1v) is 10.2. The van der Waals surface area contributed by atoms with Crippen LogP contribution < -0.4 is 5.56 Å². The SMILES string of the molecule is CCc1ccc(-n2c(SCC(=O)OC(C)(C)C)nc3ccccc3c2=O)cc1. The van der Waals surface area contributed by atoms with E-state index in [1.165, 1.54) is 17.3 Å². The van der Waals surface area contributed by atoms with Gasteiger partial charge in [-0.05, 0) is 57.0 Å². The monoisotopic (exact) mass is 396 g/mol. The molecule has 0 N–H and O–H groups in total. The minimum Gasteiger partial charge on any atom is -0.459 e. The Labute approximate surface area is 168 Å². The van der Waals surface area contributed by atoms with Crippen LogP contribution in [0.2, 0.25) is 0 Å². The molecule has 0 amide bonds. The number of aryl methyl sites for hydroxylation is 1. The van der Waals surface area contributed by atoms with E-state index in [9.17, 15) is 9.59 Å². The number of nitrogens with zero attached hydrogens (tertiary/aromatic N) is 2. The zero-order valence-electron chi connectivity index (χ0n) is 16.6. The van der Waals surface area contributed by atoms with E-state index in [4.69, 9.17) is 4.74 Å². The van der Waals surface area contributed by atoms with E-state index < -0.39 is 5.60 Å². The Balaban J connectivity index is 2.04. The van der Waals surface area contributed by atoms with Crippen molar-refractivity contribution < 1.29 is 9.53 Å². The Morgan fingerprint density at radius 3 is 2.43 bits per heavy atom. The van der Waals surface area contributed by atoms with Crippen LogP contribution >= 0.6 is 11.8 Å². The first-order chi connectivity index (χ1) is 13.3. The molecule has 6 heteroatoms. The van der Waals surface area contributed by atoms with Crippen molar-refractivity contribution in [3.05, 3.63) is 64.4 Å². The van der Waals surface area contributed by atoms with E-state index in [0.717, 1.165) is 12.1 Å². The molecular formula is C22H24N2O3S. The van der Waals surface area contributed by atoms with Gasteiger partial charge in [0, 0.05) is 0 Å². The van der Waals surface area contributed by atoms with Gasteiger partial charge in [0.1, 0.15) is 5.60 Å². The molecule has 2 aromatic carbocycles. The molecule has 5 nitrogen and oxygen atoms in total. The van der Waals surface area contributed by atoms with Gasteiger partial charge >= 0.3 is 5.97 Å². The molecule has 0 saturated heterocycles. The van der Waals surface area contributed by atoms with Crippen molar-refractivity contribution in [2.24, 2.45) is 0 Å². The number of hydrogen-bond acceptors (Lipinski definition) is 5. The lowest BCUT2D eigenvalue weighted by Crippen LogP contribution is -2.26. The average Bonchev–Trinajstić information content (AvgIpc) is 2.65. The molecule has 0 atom stereocenters. The lowest BCUT2D eigenvalue weighted by molar-refractivity contribution is -0.151. The van der Waals surface area contributed by atoms with Crippen LogP contribution in [0.3, 0.4) is 0 Å². The van der Waals surface area contributed by atoms with Crippen LogP contribution in [-0.2, 0) is 16.0 Å². The van der Waals surface area contributed by atoms with E-state index in [2.05, 4.69) is 11.9 Å². The summed E-state index contributed by atoms with van der Waals surface area (Å²) in [6.45, 7) is 7.57. The highest BCUT2D eigenvalue weighted by Gasteiger charge is 2.19. The number of rotatable bonds is 5. The number of hydrogen-bond donors (Lipinski definition) is 0. The largest absolute Gasteiger partial charge is 0.459 e. The maximum absolute atomic E-state index is 13.2. The molecule has 146 valence electrons. The zero-order chi connectivity index (χ0) is 20.3. The third kappa shape index (κ3) is 4.62. The summed E-state index contributed by atoms with van der Waals surface area (Å²) in [4.78, 5) is 30.0. The lowest BCUT2D eigenvalue weighted by Gasteiger charge is -2.19. The van der Waals surface area contributed by atoms with Crippen molar-refractivity contribution in [3.8, 4) is 5.69 Å². The number of carbonyl (C=O) groups is 1. The van der Waals surface area contributed by atoms with Crippen LogP contribution in [0.25, 0.3) is 16.6 Å². The van der Waals surface area contributed by atoms with Gasteiger partial charge in [-0.25, -0.2) is 4.98 Å². The molecule has 0 bridgehead atoms. The number of para-hydroxylation sites is 1. The summed E-state index contributed by atoms with van der Waals surface area (Å²) in [5.41, 5.74) is 1.83. The van der Waals surface area contributed by atoms with Gasteiger partial charge in [0.2, 0.25) is 0 Å². The second-order valence-corrected chi connectivity index (χ2v) is 8.39. The molecule has 3 rings (SSSR count). The Hall–Kier alpha value is -2.60. The van der Waals surface area contributed by atoms with Crippen molar-refractivity contribution in [3.63, 3.8) is 0 Å². The predicted octanol–water partition coefficient (Wildman–Crippen LogP) is 4.38. The van der Waals surface area contributed by atoms with Crippen LogP contribution in [0.5, 0.6) is 0 Å². The number of thioether (sulfide) groups is 1. The van der Waals surface area contributed by atoms with Crippen molar-refractivity contribution in [1.29, 1.82) is 0 Å². The standard InChI is InChI=1S/C22H24N2O3S/c1-5-15-10-12-16(13-11-15)24-20(26)17-8-6-7-9-18(17)23-21(24)28-14-19(25)27-22(2,3)4/h6-13H,5,14H2,1-4H3. The summed E-state index contributed by atoms with van der Waals surface area (Å²) in [5, 5.41) is 1.02. The fraction of sp³-hybridized carbons (Fsp3) is 0.318. The van der Waals surface area contributed by atoms with Crippen molar-refractivity contribution in [1.82, 2.24) is 9.55 Å². The van der Waals surface area contributed by atoms with Crippen LogP contribution in [0.15, 0.2) is 58.5 Å². The summed E-state index contributed by atoms with van der Waals surface area (Å²) in [6, 6.07) is 15.1. The first-order valence-electron chi connectivity index (χ1n) is 9.24. The molecule has 0 saturated carbocycles. The number of ether oxygens (including phenoxy) is 1. The molecule has 0 aliphatic heterocycles. The number of aromatic nitrogens is 2. The van der Waals surface area contributed by atoms with Gasteiger partial charge in [-0.3, -0.25) is 14.2 Å². The molecule has 0 spiro atoms. The molecule has 3 aromatic rings. The average molecular weight is 397 g/mol. The van der Waals surface area contributed by atoms with E-state index in [1.54, 1.807) is 16.7 Å². The van der Waals surface area contributed by atoms with Gasteiger partial charge < -0.3 is 4.74 Å². The molecule has 28 heavy (non-hydrogen) atoms. The van der Waals surface area contributed by atoms with Crippen LogP contribution in [0.1, 0.15) is 33.3 Å². The molecule has 0 radical (unpaired) electrons. The molecular weight excluding hydrogens is 372 g/mol. The fourth-order valence-electron chi connectivity index (χ4n) is 2.81. The number of esters is 1. The third-order valence-corrected chi connectivity index (χ3v) is 5.00. The van der Waals surface area contributed by atoms with E-state index >= 15 is 0 Å². The molecule has 0 unspecified atom stereocenters. The topological polar surface area (TPSA) is 61.2 Å². The van der Waals surface area contributed by atoms with Gasteiger partial charge in [-0.2, -0.15) is 0 Å². The number of benzene rings is 2. The minimum absolute atomic E-state index is 0.0785. The number of carbonyl (C=O) groups excluding carboxylic acids is 1. The zero-order valence-corrected chi connectivity index (χ0v) is 17.4. The molecule has 0 fully saturated rings. The minimum atomic E-state index is -0.551. The Morgan fingerprint density at radius 1 is 1.11 bits per heavy atom. The highest BCUT2D eigenvalue weighted by Crippen LogP contribution is 2.22. The predicted molar refractivity (Wildman–Crippen MR) is 113 cm³/mol. The first kappa shape index (κ1) is 20.1. The lowest BCUT2D eigenvalue weighted by atomic mass is 10.1. The fourth-order valence-corrected chi connectivity index (χ4v) is 3.60. The summed E-state index contributed by atoms with van der Waals surface area (Å²) in [6.07, 6.45) is 0.922. The molecule has 0 aliphatic carbocycles. The van der Waals surface area contributed by atoms with Crippen LogP contribution in [0, 0.1) is 0 Å². The van der Waals surface area contributed by atoms with E-state index in [-0.39, 0.29) is 17.3 Å². The second-order valence-electron chi connectivity index (χ2n) is 7.45. The normalized spacial score (nSPS) is 11.6. The maximum Gasteiger partial charge on any atom is 0.316 e. The Bertz CT molecular complexity index is 1050. The van der Waals surface area contributed by atoms with Crippen molar-refractivity contribution >= 4 is 28.6 Å². The third-order valence-electron chi connectivity index (χ3n) is 4.09. The van der Waals surface area contributed by atoms with Gasteiger partial charge in [0.25, 0.3) is 5.56 Å². The second kappa shape index (κ2) is 8.19. The van der Waals surface area contributed by atoms with Gasteiger partial charge in [-0.1, -0.05) is 43.0 Å². The van der Waals surface area contributed by atoms with Gasteiger partial charge in [0.15, 0.2) is 5.16 Å². The van der Waals surface area contributed by atoms with Crippen LogP contribution in [-0.4, -0.2) is 26.9 Å². The van der Waals surface area contributed by atoms with Gasteiger partial charge in [-0.15, -0.1) is 0 Å². The van der Waals surface area contributed by atoms with Crippen molar-refractivity contribution in [2.45, 2.75) is 44.9 Å². The Kier molecular flexibility index (Phi) is 5.89. The van der Waals surface area contributed by atoms with Crippen molar-refractivity contribution in [2.75, 3.05) is 5.75 Å². The molecule has 1 aromatic heterocycles. The highest BCUT2D eigenvalue weighted by atomic mass is 32.2. The summed E-state index contributed by atoms with van der Waals surface area (Å²) in [5.74, 6) is -0.262. The molecule has 1 heterocycles. The quantitative estimate of drug-likeness (QED) is 0.364. The van der Waals surface area contributed by atoms with E-state index in [0.29, 0.717) is 16.1 Å². The molecule has 0 aliphatic rings. The summed E-state index contributed by atoms with van der Waals surface area (Å²) >= 11 is 1.21. The summed E-state index contributed by atoms with van der Waals surface area (Å²) in [7, 11) is 0. The van der Waals surface area contributed by atoms with E-state index in [1.807, 2.05) is 57.2 Å². The smallest absolute Gasteiger partial charge is 0.316 e. The van der Waals surface area contributed by atoms with Crippen LogP contribution in [0.4, 0.5) is 0 Å². The van der Waals surface area contributed by atoms with Gasteiger partial charge in [0.05, 0.1) is 22.3 Å². The summed E-state index contributed by atoms with van der Waals surface area (Å²) < 4.78 is 6.94. The number of fused-ring (bicyclic) bond motifs is 1.